The fourth-order valence-electron chi connectivity index (χ4n) is 2.57. The summed E-state index contributed by atoms with van der Waals surface area (Å²) < 4.78 is 5.79. The van der Waals surface area contributed by atoms with Crippen molar-refractivity contribution in [2.75, 3.05) is 26.2 Å². The van der Waals surface area contributed by atoms with Crippen molar-refractivity contribution >= 4 is 6.03 Å². The molecule has 4 heteroatoms. The quantitative estimate of drug-likeness (QED) is 0.898. The molecule has 1 heterocycles. The Morgan fingerprint density at radius 1 is 1.40 bits per heavy atom. The summed E-state index contributed by atoms with van der Waals surface area (Å²) in [7, 11) is 0. The van der Waals surface area contributed by atoms with E-state index in [-0.39, 0.29) is 6.03 Å². The highest BCUT2D eigenvalue weighted by Crippen LogP contribution is 2.17. The van der Waals surface area contributed by atoms with E-state index in [1.165, 1.54) is 5.56 Å². The molecule has 1 saturated heterocycles. The topological polar surface area (TPSA) is 41.6 Å². The van der Waals surface area contributed by atoms with Gasteiger partial charge in [-0.05, 0) is 25.3 Å². The minimum Gasteiger partial charge on any atom is -0.376 e. The monoisotopic (exact) mass is 276 g/mol. The van der Waals surface area contributed by atoms with Crippen LogP contribution in [0.1, 0.15) is 25.3 Å². The van der Waals surface area contributed by atoms with E-state index in [4.69, 9.17) is 4.74 Å². The lowest BCUT2D eigenvalue weighted by atomic mass is 9.99. The van der Waals surface area contributed by atoms with Crippen molar-refractivity contribution < 1.29 is 9.53 Å². The Hall–Kier alpha value is -1.55. The number of carbonyl (C=O) groups excluding carboxylic acids is 1. The SMILES string of the molecule is CCNC(=O)N1CCCC(COCc2ccccc2)C1. The minimum atomic E-state index is 0.0558. The average Bonchev–Trinajstić information content (AvgIpc) is 2.49. The van der Waals surface area contributed by atoms with Crippen molar-refractivity contribution in [3.8, 4) is 0 Å². The number of ether oxygens (including phenoxy) is 1. The number of rotatable bonds is 5. The molecule has 0 saturated carbocycles. The second-order valence-electron chi connectivity index (χ2n) is 5.29. The number of hydrogen-bond donors (Lipinski definition) is 1. The van der Waals surface area contributed by atoms with Crippen LogP contribution >= 0.6 is 0 Å². The van der Waals surface area contributed by atoms with E-state index >= 15 is 0 Å². The molecule has 1 aromatic carbocycles. The predicted octanol–water partition coefficient (Wildman–Crippen LogP) is 2.64. The minimum absolute atomic E-state index is 0.0558. The second-order valence-corrected chi connectivity index (χ2v) is 5.29. The molecular formula is C16H24N2O2. The molecule has 1 aliphatic heterocycles. The highest BCUT2D eigenvalue weighted by molar-refractivity contribution is 5.74. The van der Waals surface area contributed by atoms with Crippen LogP contribution in [0.3, 0.4) is 0 Å². The molecule has 2 rings (SSSR count). The molecule has 1 N–H and O–H groups in total. The predicted molar refractivity (Wildman–Crippen MR) is 79.5 cm³/mol. The first-order chi connectivity index (χ1) is 9.79. The van der Waals surface area contributed by atoms with Crippen LogP contribution in [0.2, 0.25) is 0 Å². The molecule has 0 bridgehead atoms. The summed E-state index contributed by atoms with van der Waals surface area (Å²) in [6.07, 6.45) is 2.21. The Kier molecular flexibility index (Phi) is 5.87. The fraction of sp³-hybridized carbons (Fsp3) is 0.562. The maximum atomic E-state index is 11.8. The molecule has 1 atom stereocenters. The number of benzene rings is 1. The molecule has 20 heavy (non-hydrogen) atoms. The van der Waals surface area contributed by atoms with Gasteiger partial charge in [-0.15, -0.1) is 0 Å². The molecule has 110 valence electrons. The zero-order chi connectivity index (χ0) is 14.2. The highest BCUT2D eigenvalue weighted by Gasteiger charge is 2.23. The summed E-state index contributed by atoms with van der Waals surface area (Å²) in [6.45, 7) is 5.68. The van der Waals surface area contributed by atoms with Gasteiger partial charge >= 0.3 is 6.03 Å². The van der Waals surface area contributed by atoms with Gasteiger partial charge in [-0.3, -0.25) is 0 Å². The van der Waals surface area contributed by atoms with Crippen LogP contribution < -0.4 is 5.32 Å². The van der Waals surface area contributed by atoms with Crippen molar-refractivity contribution in [1.82, 2.24) is 10.2 Å². The number of nitrogens with one attached hydrogen (secondary N) is 1. The summed E-state index contributed by atoms with van der Waals surface area (Å²) in [4.78, 5) is 13.7. The van der Waals surface area contributed by atoms with Crippen LogP contribution in [0.25, 0.3) is 0 Å². The average molecular weight is 276 g/mol. The molecule has 2 amide bonds. The summed E-state index contributed by atoms with van der Waals surface area (Å²) in [5.74, 6) is 0.454. The smallest absolute Gasteiger partial charge is 0.317 e. The highest BCUT2D eigenvalue weighted by atomic mass is 16.5. The summed E-state index contributed by atoms with van der Waals surface area (Å²) >= 11 is 0. The maximum Gasteiger partial charge on any atom is 0.317 e. The van der Waals surface area contributed by atoms with Crippen LogP contribution in [-0.4, -0.2) is 37.2 Å². The number of urea groups is 1. The van der Waals surface area contributed by atoms with Crippen molar-refractivity contribution in [3.05, 3.63) is 35.9 Å². The van der Waals surface area contributed by atoms with Crippen LogP contribution in [-0.2, 0) is 11.3 Å². The third-order valence-electron chi connectivity index (χ3n) is 3.60. The molecule has 1 unspecified atom stereocenters. The van der Waals surface area contributed by atoms with Gasteiger partial charge in [-0.2, -0.15) is 0 Å². The number of amides is 2. The molecule has 0 radical (unpaired) electrons. The largest absolute Gasteiger partial charge is 0.376 e. The van der Waals surface area contributed by atoms with Crippen molar-refractivity contribution in [1.29, 1.82) is 0 Å². The molecule has 0 aliphatic carbocycles. The van der Waals surface area contributed by atoms with E-state index in [0.717, 1.165) is 32.5 Å². The molecule has 1 aromatic rings. The van der Waals surface area contributed by atoms with E-state index in [1.54, 1.807) is 0 Å². The third-order valence-corrected chi connectivity index (χ3v) is 3.60. The third kappa shape index (κ3) is 4.53. The van der Waals surface area contributed by atoms with Gasteiger partial charge in [-0.1, -0.05) is 30.3 Å². The molecule has 0 spiro atoms. The first kappa shape index (κ1) is 14.9. The van der Waals surface area contributed by atoms with E-state index in [1.807, 2.05) is 30.0 Å². The van der Waals surface area contributed by atoms with Crippen LogP contribution in [0.5, 0.6) is 0 Å². The summed E-state index contributed by atoms with van der Waals surface area (Å²) in [6, 6.07) is 10.3. The lowest BCUT2D eigenvalue weighted by Crippen LogP contribution is -2.46. The zero-order valence-electron chi connectivity index (χ0n) is 12.2. The van der Waals surface area contributed by atoms with Gasteiger partial charge in [-0.25, -0.2) is 4.79 Å². The number of likely N-dealkylation sites (tertiary alicyclic amines) is 1. The summed E-state index contributed by atoms with van der Waals surface area (Å²) in [5, 5.41) is 2.86. The molecule has 4 nitrogen and oxygen atoms in total. The lowest BCUT2D eigenvalue weighted by Gasteiger charge is -2.32. The molecule has 1 fully saturated rings. The molecule has 0 aromatic heterocycles. The van der Waals surface area contributed by atoms with Gasteiger partial charge in [0.2, 0.25) is 0 Å². The van der Waals surface area contributed by atoms with Gasteiger partial charge in [0, 0.05) is 25.6 Å². The standard InChI is InChI=1S/C16H24N2O2/c1-2-17-16(19)18-10-6-9-15(11-18)13-20-12-14-7-4-3-5-8-14/h3-5,7-8,15H,2,6,9-13H2,1H3,(H,17,19). The Morgan fingerprint density at radius 2 is 2.20 bits per heavy atom. The fourth-order valence-corrected chi connectivity index (χ4v) is 2.57. The van der Waals surface area contributed by atoms with E-state index in [9.17, 15) is 4.79 Å². The molecule has 1 aliphatic rings. The van der Waals surface area contributed by atoms with Crippen LogP contribution in [0, 0.1) is 5.92 Å². The van der Waals surface area contributed by atoms with Gasteiger partial charge in [0.25, 0.3) is 0 Å². The first-order valence-electron chi connectivity index (χ1n) is 7.44. The Labute approximate surface area is 121 Å². The Bertz CT molecular complexity index is 408. The van der Waals surface area contributed by atoms with E-state index in [2.05, 4.69) is 17.4 Å². The number of hydrogen-bond acceptors (Lipinski definition) is 2. The normalized spacial score (nSPS) is 18.9. The van der Waals surface area contributed by atoms with Crippen LogP contribution in [0.15, 0.2) is 30.3 Å². The van der Waals surface area contributed by atoms with Crippen LogP contribution in [0.4, 0.5) is 4.79 Å². The van der Waals surface area contributed by atoms with Crippen molar-refractivity contribution in [2.24, 2.45) is 5.92 Å². The summed E-state index contributed by atoms with van der Waals surface area (Å²) in [5.41, 5.74) is 1.20. The number of nitrogens with zero attached hydrogens (tertiary/aromatic N) is 1. The van der Waals surface area contributed by atoms with Gasteiger partial charge in [0.05, 0.1) is 13.2 Å². The first-order valence-corrected chi connectivity index (χ1v) is 7.44. The van der Waals surface area contributed by atoms with Gasteiger partial charge < -0.3 is 15.0 Å². The van der Waals surface area contributed by atoms with E-state index < -0.39 is 0 Å². The Balaban J connectivity index is 1.71. The number of piperidine rings is 1. The number of carbonyl (C=O) groups is 1. The van der Waals surface area contributed by atoms with Gasteiger partial charge in [0.15, 0.2) is 0 Å². The lowest BCUT2D eigenvalue weighted by molar-refractivity contribution is 0.0592. The maximum absolute atomic E-state index is 11.8. The molecular weight excluding hydrogens is 252 g/mol. The van der Waals surface area contributed by atoms with Crippen molar-refractivity contribution in [2.45, 2.75) is 26.4 Å². The second kappa shape index (κ2) is 7.90. The van der Waals surface area contributed by atoms with Crippen molar-refractivity contribution in [3.63, 3.8) is 0 Å². The van der Waals surface area contributed by atoms with E-state index in [0.29, 0.717) is 19.1 Å². The van der Waals surface area contributed by atoms with Gasteiger partial charge in [0.1, 0.15) is 0 Å². The Morgan fingerprint density at radius 3 is 2.95 bits per heavy atom. The zero-order valence-corrected chi connectivity index (χ0v) is 12.2.